The Morgan fingerprint density at radius 2 is 1.77 bits per heavy atom. The standard InChI is InChI=1S/C16H20F2N2O2/c1-11-6-8-19(9-7-11)15(22)10-20(12(2)21)16-13(17)4-3-5-14(16)18/h3-5,11H,6-10H2,1-2H3. The van der Waals surface area contributed by atoms with Crippen molar-refractivity contribution in [3.8, 4) is 0 Å². The van der Waals surface area contributed by atoms with Gasteiger partial charge in [0.05, 0.1) is 0 Å². The summed E-state index contributed by atoms with van der Waals surface area (Å²) in [5, 5.41) is 0. The molecule has 1 aromatic carbocycles. The predicted octanol–water partition coefficient (Wildman–Crippen LogP) is 2.58. The fourth-order valence-corrected chi connectivity index (χ4v) is 2.59. The van der Waals surface area contributed by atoms with Crippen molar-refractivity contribution in [2.45, 2.75) is 26.7 Å². The predicted molar refractivity (Wildman–Crippen MR) is 79.4 cm³/mol. The average Bonchev–Trinajstić information content (AvgIpc) is 2.46. The third-order valence-electron chi connectivity index (χ3n) is 4.02. The molecule has 0 saturated carbocycles. The van der Waals surface area contributed by atoms with E-state index < -0.39 is 23.2 Å². The van der Waals surface area contributed by atoms with Crippen molar-refractivity contribution in [1.82, 2.24) is 4.90 Å². The van der Waals surface area contributed by atoms with Gasteiger partial charge in [0.25, 0.3) is 0 Å². The Morgan fingerprint density at radius 1 is 1.23 bits per heavy atom. The Labute approximate surface area is 128 Å². The molecule has 1 aliphatic rings. The van der Waals surface area contributed by atoms with Crippen LogP contribution in [-0.2, 0) is 9.59 Å². The fourth-order valence-electron chi connectivity index (χ4n) is 2.59. The second-order valence-corrected chi connectivity index (χ2v) is 5.74. The minimum absolute atomic E-state index is 0.287. The molecule has 0 spiro atoms. The zero-order valence-electron chi connectivity index (χ0n) is 12.8. The van der Waals surface area contributed by atoms with Gasteiger partial charge >= 0.3 is 0 Å². The number of para-hydroxylation sites is 1. The lowest BCUT2D eigenvalue weighted by molar-refractivity contribution is -0.132. The number of piperidine rings is 1. The summed E-state index contributed by atoms with van der Waals surface area (Å²) in [4.78, 5) is 26.6. The van der Waals surface area contributed by atoms with E-state index in [1.807, 2.05) is 0 Å². The normalized spacial score (nSPS) is 15.7. The molecule has 22 heavy (non-hydrogen) atoms. The molecule has 0 bridgehead atoms. The van der Waals surface area contributed by atoms with Crippen LogP contribution in [0.15, 0.2) is 18.2 Å². The van der Waals surface area contributed by atoms with Crippen LogP contribution in [0.1, 0.15) is 26.7 Å². The van der Waals surface area contributed by atoms with Gasteiger partial charge in [0.1, 0.15) is 23.9 Å². The first-order valence-corrected chi connectivity index (χ1v) is 7.40. The summed E-state index contributed by atoms with van der Waals surface area (Å²) in [7, 11) is 0. The molecule has 1 aliphatic heterocycles. The third-order valence-corrected chi connectivity index (χ3v) is 4.02. The van der Waals surface area contributed by atoms with E-state index in [1.165, 1.54) is 13.0 Å². The molecule has 0 aliphatic carbocycles. The number of benzene rings is 1. The number of rotatable bonds is 3. The number of carbonyl (C=O) groups is 2. The van der Waals surface area contributed by atoms with Gasteiger partial charge in [-0.05, 0) is 30.9 Å². The maximum atomic E-state index is 13.8. The molecule has 2 amide bonds. The molecule has 0 radical (unpaired) electrons. The molecule has 1 fully saturated rings. The van der Waals surface area contributed by atoms with E-state index in [-0.39, 0.29) is 12.5 Å². The molecule has 1 heterocycles. The summed E-state index contributed by atoms with van der Waals surface area (Å²) in [5.41, 5.74) is -0.464. The second-order valence-electron chi connectivity index (χ2n) is 5.74. The van der Waals surface area contributed by atoms with Gasteiger partial charge in [0, 0.05) is 20.0 Å². The Balaban J connectivity index is 2.16. The van der Waals surface area contributed by atoms with E-state index in [4.69, 9.17) is 0 Å². The minimum Gasteiger partial charge on any atom is -0.341 e. The molecule has 0 aromatic heterocycles. The number of hydrogen-bond acceptors (Lipinski definition) is 2. The zero-order chi connectivity index (χ0) is 16.3. The van der Waals surface area contributed by atoms with Crippen LogP contribution in [0.3, 0.4) is 0 Å². The molecule has 0 N–H and O–H groups in total. The first-order chi connectivity index (χ1) is 10.4. The molecule has 6 heteroatoms. The zero-order valence-corrected chi connectivity index (χ0v) is 12.8. The van der Waals surface area contributed by atoms with Crippen LogP contribution in [0.25, 0.3) is 0 Å². The van der Waals surface area contributed by atoms with E-state index in [0.29, 0.717) is 19.0 Å². The summed E-state index contributed by atoms with van der Waals surface area (Å²) in [6.07, 6.45) is 1.81. The van der Waals surface area contributed by atoms with Crippen molar-refractivity contribution in [2.75, 3.05) is 24.5 Å². The van der Waals surface area contributed by atoms with Gasteiger partial charge in [0.2, 0.25) is 11.8 Å². The Morgan fingerprint density at radius 3 is 2.27 bits per heavy atom. The van der Waals surface area contributed by atoms with Crippen molar-refractivity contribution in [2.24, 2.45) is 5.92 Å². The van der Waals surface area contributed by atoms with E-state index in [0.717, 1.165) is 29.9 Å². The lowest BCUT2D eigenvalue weighted by Crippen LogP contribution is -2.45. The number of amides is 2. The summed E-state index contributed by atoms with van der Waals surface area (Å²) in [6, 6.07) is 3.36. The van der Waals surface area contributed by atoms with Crippen LogP contribution in [0.2, 0.25) is 0 Å². The number of carbonyl (C=O) groups excluding carboxylic acids is 2. The monoisotopic (exact) mass is 310 g/mol. The van der Waals surface area contributed by atoms with Crippen LogP contribution in [0.5, 0.6) is 0 Å². The fraction of sp³-hybridized carbons (Fsp3) is 0.500. The summed E-state index contributed by atoms with van der Waals surface area (Å²) < 4.78 is 27.7. The molecular weight excluding hydrogens is 290 g/mol. The highest BCUT2D eigenvalue weighted by Crippen LogP contribution is 2.24. The van der Waals surface area contributed by atoms with Gasteiger partial charge in [0.15, 0.2) is 0 Å². The first-order valence-electron chi connectivity index (χ1n) is 7.40. The van der Waals surface area contributed by atoms with Crippen LogP contribution in [-0.4, -0.2) is 36.3 Å². The van der Waals surface area contributed by atoms with Gasteiger partial charge in [-0.1, -0.05) is 13.0 Å². The van der Waals surface area contributed by atoms with Gasteiger partial charge in [-0.25, -0.2) is 8.78 Å². The maximum absolute atomic E-state index is 13.8. The third kappa shape index (κ3) is 3.61. The van der Waals surface area contributed by atoms with Gasteiger partial charge < -0.3 is 4.90 Å². The minimum atomic E-state index is -0.852. The maximum Gasteiger partial charge on any atom is 0.242 e. The number of anilines is 1. The van der Waals surface area contributed by atoms with Crippen molar-refractivity contribution >= 4 is 17.5 Å². The molecule has 120 valence electrons. The van der Waals surface area contributed by atoms with Crippen molar-refractivity contribution in [1.29, 1.82) is 0 Å². The van der Waals surface area contributed by atoms with Crippen LogP contribution in [0.4, 0.5) is 14.5 Å². The quantitative estimate of drug-likeness (QED) is 0.861. The van der Waals surface area contributed by atoms with Crippen LogP contribution < -0.4 is 4.90 Å². The lowest BCUT2D eigenvalue weighted by atomic mass is 9.99. The molecule has 2 rings (SSSR count). The lowest BCUT2D eigenvalue weighted by Gasteiger charge is -2.32. The molecular formula is C16H20F2N2O2. The van der Waals surface area contributed by atoms with Crippen molar-refractivity contribution in [3.63, 3.8) is 0 Å². The van der Waals surface area contributed by atoms with Crippen molar-refractivity contribution < 1.29 is 18.4 Å². The number of halogens is 2. The second kappa shape index (κ2) is 6.85. The van der Waals surface area contributed by atoms with E-state index >= 15 is 0 Å². The number of nitrogens with zero attached hydrogens (tertiary/aromatic N) is 2. The van der Waals surface area contributed by atoms with Crippen LogP contribution in [0, 0.1) is 17.6 Å². The summed E-state index contributed by atoms with van der Waals surface area (Å²) >= 11 is 0. The highest BCUT2D eigenvalue weighted by atomic mass is 19.1. The molecule has 0 unspecified atom stereocenters. The smallest absolute Gasteiger partial charge is 0.242 e. The first kappa shape index (κ1) is 16.4. The van der Waals surface area contributed by atoms with Gasteiger partial charge in [-0.15, -0.1) is 0 Å². The van der Waals surface area contributed by atoms with Gasteiger partial charge in [-0.2, -0.15) is 0 Å². The summed E-state index contributed by atoms with van der Waals surface area (Å²) in [5.74, 6) is -1.99. The highest BCUT2D eigenvalue weighted by Gasteiger charge is 2.26. The largest absolute Gasteiger partial charge is 0.341 e. The van der Waals surface area contributed by atoms with E-state index in [2.05, 4.69) is 6.92 Å². The number of hydrogen-bond donors (Lipinski definition) is 0. The molecule has 1 saturated heterocycles. The van der Waals surface area contributed by atoms with E-state index in [9.17, 15) is 18.4 Å². The number of likely N-dealkylation sites (tertiary alicyclic amines) is 1. The Kier molecular flexibility index (Phi) is 5.11. The average molecular weight is 310 g/mol. The van der Waals surface area contributed by atoms with E-state index in [1.54, 1.807) is 4.90 Å². The SMILES string of the molecule is CC(=O)N(CC(=O)N1CCC(C)CC1)c1c(F)cccc1F. The molecule has 0 atom stereocenters. The Hall–Kier alpha value is -1.98. The van der Waals surface area contributed by atoms with Gasteiger partial charge in [-0.3, -0.25) is 14.5 Å². The Bertz CT molecular complexity index is 549. The van der Waals surface area contributed by atoms with Crippen molar-refractivity contribution in [3.05, 3.63) is 29.8 Å². The van der Waals surface area contributed by atoms with Crippen LogP contribution >= 0.6 is 0 Å². The topological polar surface area (TPSA) is 40.6 Å². The highest BCUT2D eigenvalue weighted by molar-refractivity contribution is 5.97. The molecule has 4 nitrogen and oxygen atoms in total. The summed E-state index contributed by atoms with van der Waals surface area (Å²) in [6.45, 7) is 4.20. The molecule has 1 aromatic rings.